The minimum atomic E-state index is -3.14. The summed E-state index contributed by atoms with van der Waals surface area (Å²) in [6.07, 6.45) is 3.17. The standard InChI is InChI=1S/C18H20N2O2S/c1-3-20(16-6-9-18-15(12-16)10-11-19-18)13-14-4-7-17(8-5-14)23(2,21)22/h4-12,19H,3,13H2,1-2H3. The number of hydrogen-bond acceptors (Lipinski definition) is 3. The van der Waals surface area contributed by atoms with Crippen molar-refractivity contribution < 1.29 is 8.42 Å². The molecule has 0 atom stereocenters. The monoisotopic (exact) mass is 328 g/mol. The predicted molar refractivity (Wildman–Crippen MR) is 94.6 cm³/mol. The van der Waals surface area contributed by atoms with Gasteiger partial charge in [0.25, 0.3) is 0 Å². The highest BCUT2D eigenvalue weighted by molar-refractivity contribution is 7.90. The number of aromatic amines is 1. The van der Waals surface area contributed by atoms with Gasteiger partial charge < -0.3 is 9.88 Å². The third-order valence-corrected chi connectivity index (χ3v) is 5.14. The Labute approximate surface area is 136 Å². The summed E-state index contributed by atoms with van der Waals surface area (Å²) >= 11 is 0. The van der Waals surface area contributed by atoms with Gasteiger partial charge in [-0.05, 0) is 48.9 Å². The summed E-state index contributed by atoms with van der Waals surface area (Å²) in [4.78, 5) is 5.82. The molecule has 0 radical (unpaired) electrons. The quantitative estimate of drug-likeness (QED) is 0.778. The molecule has 3 aromatic rings. The first-order chi connectivity index (χ1) is 11.0. The summed E-state index contributed by atoms with van der Waals surface area (Å²) in [6.45, 7) is 3.74. The Balaban J connectivity index is 1.84. The first-order valence-corrected chi connectivity index (χ1v) is 9.47. The Morgan fingerprint density at radius 3 is 2.43 bits per heavy atom. The lowest BCUT2D eigenvalue weighted by atomic mass is 10.1. The van der Waals surface area contributed by atoms with Crippen LogP contribution in [0.3, 0.4) is 0 Å². The minimum absolute atomic E-state index is 0.359. The molecule has 0 aliphatic carbocycles. The van der Waals surface area contributed by atoms with Crippen LogP contribution in [-0.4, -0.2) is 26.2 Å². The number of rotatable bonds is 5. The SMILES string of the molecule is CCN(Cc1ccc(S(C)(=O)=O)cc1)c1ccc2[nH]ccc2c1. The molecule has 1 heterocycles. The van der Waals surface area contributed by atoms with Gasteiger partial charge in [0.1, 0.15) is 0 Å². The number of benzene rings is 2. The van der Waals surface area contributed by atoms with E-state index in [-0.39, 0.29) is 0 Å². The minimum Gasteiger partial charge on any atom is -0.367 e. The predicted octanol–water partition coefficient (Wildman–Crippen LogP) is 3.60. The van der Waals surface area contributed by atoms with E-state index in [2.05, 4.69) is 41.1 Å². The van der Waals surface area contributed by atoms with Gasteiger partial charge in [0.15, 0.2) is 9.84 Å². The zero-order chi connectivity index (χ0) is 16.4. The number of nitrogens with zero attached hydrogens (tertiary/aromatic N) is 1. The molecule has 0 aliphatic heterocycles. The van der Waals surface area contributed by atoms with Crippen LogP contribution in [0.2, 0.25) is 0 Å². The van der Waals surface area contributed by atoms with Gasteiger partial charge in [-0.3, -0.25) is 0 Å². The largest absolute Gasteiger partial charge is 0.367 e. The summed E-state index contributed by atoms with van der Waals surface area (Å²) in [5.74, 6) is 0. The van der Waals surface area contributed by atoms with Crippen LogP contribution in [0.1, 0.15) is 12.5 Å². The molecule has 3 rings (SSSR count). The number of nitrogens with one attached hydrogen (secondary N) is 1. The van der Waals surface area contributed by atoms with Crippen molar-refractivity contribution >= 4 is 26.4 Å². The number of sulfone groups is 1. The van der Waals surface area contributed by atoms with E-state index in [0.717, 1.165) is 29.9 Å². The number of aromatic nitrogens is 1. The van der Waals surface area contributed by atoms with Crippen molar-refractivity contribution in [1.82, 2.24) is 4.98 Å². The van der Waals surface area contributed by atoms with Crippen LogP contribution < -0.4 is 4.90 Å². The maximum Gasteiger partial charge on any atom is 0.175 e. The highest BCUT2D eigenvalue weighted by atomic mass is 32.2. The van der Waals surface area contributed by atoms with Gasteiger partial charge >= 0.3 is 0 Å². The van der Waals surface area contributed by atoms with Crippen LogP contribution in [0.15, 0.2) is 59.6 Å². The molecule has 0 fully saturated rings. The Bertz CT molecular complexity index is 912. The van der Waals surface area contributed by atoms with Gasteiger partial charge in [-0.1, -0.05) is 12.1 Å². The van der Waals surface area contributed by atoms with Crippen molar-refractivity contribution in [2.75, 3.05) is 17.7 Å². The summed E-state index contributed by atoms with van der Waals surface area (Å²) in [7, 11) is -3.14. The Hall–Kier alpha value is -2.27. The van der Waals surface area contributed by atoms with Gasteiger partial charge in [-0.15, -0.1) is 0 Å². The molecular weight excluding hydrogens is 308 g/mol. The first-order valence-electron chi connectivity index (χ1n) is 7.58. The lowest BCUT2D eigenvalue weighted by molar-refractivity contribution is 0.602. The molecule has 0 saturated heterocycles. The molecule has 2 aromatic carbocycles. The van der Waals surface area contributed by atoms with Crippen LogP contribution in [0.5, 0.6) is 0 Å². The average molecular weight is 328 g/mol. The fraction of sp³-hybridized carbons (Fsp3) is 0.222. The van der Waals surface area contributed by atoms with E-state index in [9.17, 15) is 8.42 Å². The van der Waals surface area contributed by atoms with E-state index in [1.165, 1.54) is 11.6 Å². The van der Waals surface area contributed by atoms with Gasteiger partial charge in [0.05, 0.1) is 4.90 Å². The second-order valence-electron chi connectivity index (χ2n) is 5.68. The van der Waals surface area contributed by atoms with Crippen molar-refractivity contribution in [3.8, 4) is 0 Å². The fourth-order valence-electron chi connectivity index (χ4n) is 2.69. The van der Waals surface area contributed by atoms with Crippen LogP contribution in [0.25, 0.3) is 10.9 Å². The zero-order valence-corrected chi connectivity index (χ0v) is 14.1. The third kappa shape index (κ3) is 3.40. The topological polar surface area (TPSA) is 53.2 Å². The Kier molecular flexibility index (Phi) is 4.13. The van der Waals surface area contributed by atoms with E-state index >= 15 is 0 Å². The molecule has 4 nitrogen and oxygen atoms in total. The highest BCUT2D eigenvalue weighted by Crippen LogP contribution is 2.23. The van der Waals surface area contributed by atoms with E-state index in [1.54, 1.807) is 12.1 Å². The average Bonchev–Trinajstić information content (AvgIpc) is 2.99. The highest BCUT2D eigenvalue weighted by Gasteiger charge is 2.09. The Morgan fingerprint density at radius 2 is 1.78 bits per heavy atom. The van der Waals surface area contributed by atoms with E-state index in [0.29, 0.717) is 4.90 Å². The summed E-state index contributed by atoms with van der Waals surface area (Å²) < 4.78 is 23.1. The number of fused-ring (bicyclic) bond motifs is 1. The molecule has 0 saturated carbocycles. The second kappa shape index (κ2) is 6.08. The maximum absolute atomic E-state index is 11.5. The van der Waals surface area contributed by atoms with E-state index in [4.69, 9.17) is 0 Å². The molecule has 0 bridgehead atoms. The Morgan fingerprint density at radius 1 is 1.04 bits per heavy atom. The molecule has 5 heteroatoms. The van der Waals surface area contributed by atoms with E-state index in [1.807, 2.05) is 18.3 Å². The fourth-order valence-corrected chi connectivity index (χ4v) is 3.32. The maximum atomic E-state index is 11.5. The molecule has 0 aliphatic rings. The molecule has 0 spiro atoms. The smallest absolute Gasteiger partial charge is 0.175 e. The van der Waals surface area contributed by atoms with Crippen molar-refractivity contribution in [2.45, 2.75) is 18.4 Å². The van der Waals surface area contributed by atoms with Gasteiger partial charge in [-0.2, -0.15) is 0 Å². The molecule has 120 valence electrons. The first kappa shape index (κ1) is 15.6. The van der Waals surface area contributed by atoms with Crippen molar-refractivity contribution in [1.29, 1.82) is 0 Å². The molecule has 0 unspecified atom stereocenters. The third-order valence-electron chi connectivity index (χ3n) is 4.01. The lowest BCUT2D eigenvalue weighted by Gasteiger charge is -2.23. The summed E-state index contributed by atoms with van der Waals surface area (Å²) in [6, 6.07) is 15.5. The van der Waals surface area contributed by atoms with E-state index < -0.39 is 9.84 Å². The summed E-state index contributed by atoms with van der Waals surface area (Å²) in [5.41, 5.74) is 3.38. The number of H-pyrrole nitrogens is 1. The van der Waals surface area contributed by atoms with Crippen LogP contribution in [0, 0.1) is 0 Å². The van der Waals surface area contributed by atoms with Gasteiger partial charge in [0, 0.05) is 42.1 Å². The van der Waals surface area contributed by atoms with Crippen molar-refractivity contribution in [2.24, 2.45) is 0 Å². The van der Waals surface area contributed by atoms with Crippen LogP contribution >= 0.6 is 0 Å². The molecule has 23 heavy (non-hydrogen) atoms. The summed E-state index contributed by atoms with van der Waals surface area (Å²) in [5, 5.41) is 1.19. The van der Waals surface area contributed by atoms with Crippen molar-refractivity contribution in [3.63, 3.8) is 0 Å². The van der Waals surface area contributed by atoms with Gasteiger partial charge in [0.2, 0.25) is 0 Å². The van der Waals surface area contributed by atoms with Crippen LogP contribution in [-0.2, 0) is 16.4 Å². The zero-order valence-electron chi connectivity index (χ0n) is 13.3. The van der Waals surface area contributed by atoms with Crippen LogP contribution in [0.4, 0.5) is 5.69 Å². The normalized spacial score (nSPS) is 11.7. The molecule has 0 amide bonds. The molecule has 1 aromatic heterocycles. The number of hydrogen-bond donors (Lipinski definition) is 1. The number of anilines is 1. The van der Waals surface area contributed by atoms with Gasteiger partial charge in [-0.25, -0.2) is 8.42 Å². The second-order valence-corrected chi connectivity index (χ2v) is 7.70. The lowest BCUT2D eigenvalue weighted by Crippen LogP contribution is -2.21. The molecular formula is C18H20N2O2S. The molecule has 1 N–H and O–H groups in total. The van der Waals surface area contributed by atoms with Crippen molar-refractivity contribution in [3.05, 3.63) is 60.3 Å².